The van der Waals surface area contributed by atoms with E-state index >= 15 is 0 Å². The summed E-state index contributed by atoms with van der Waals surface area (Å²) in [5, 5.41) is 0.130. The summed E-state index contributed by atoms with van der Waals surface area (Å²) in [6.45, 7) is 3.47. The third-order valence-corrected chi connectivity index (χ3v) is 4.69. The average Bonchev–Trinajstić information content (AvgIpc) is 2.36. The van der Waals surface area contributed by atoms with Crippen LogP contribution in [-0.2, 0) is 10.0 Å². The van der Waals surface area contributed by atoms with Crippen LogP contribution in [0.25, 0.3) is 0 Å². The maximum absolute atomic E-state index is 12.4. The molecule has 0 amide bonds. The molecule has 0 unspecified atom stereocenters. The summed E-state index contributed by atoms with van der Waals surface area (Å²) in [5.41, 5.74) is 7.83. The van der Waals surface area contributed by atoms with Gasteiger partial charge in [-0.2, -0.15) is 0 Å². The van der Waals surface area contributed by atoms with E-state index in [1.165, 1.54) is 12.1 Å². The summed E-state index contributed by atoms with van der Waals surface area (Å²) in [6.07, 6.45) is 1.59. The van der Waals surface area contributed by atoms with Gasteiger partial charge in [0.25, 0.3) is 10.0 Å². The minimum absolute atomic E-state index is 0.0504. The lowest BCUT2D eigenvalue weighted by molar-refractivity contribution is 0.601. The van der Waals surface area contributed by atoms with E-state index in [1.807, 2.05) is 0 Å². The van der Waals surface area contributed by atoms with Crippen molar-refractivity contribution < 1.29 is 8.42 Å². The fourth-order valence-corrected chi connectivity index (χ4v) is 3.40. The lowest BCUT2D eigenvalue weighted by atomic mass is 10.2. The van der Waals surface area contributed by atoms with Gasteiger partial charge >= 0.3 is 0 Å². The first-order valence-electron chi connectivity index (χ1n) is 5.81. The summed E-state index contributed by atoms with van der Waals surface area (Å²) in [6, 6.07) is 6.16. The Morgan fingerprint density at radius 1 is 1.30 bits per heavy atom. The summed E-state index contributed by atoms with van der Waals surface area (Å²) in [7, 11) is -3.81. The van der Waals surface area contributed by atoms with E-state index in [4.69, 9.17) is 17.3 Å². The summed E-state index contributed by atoms with van der Waals surface area (Å²) in [4.78, 5) is 3.98. The van der Waals surface area contributed by atoms with E-state index in [0.717, 1.165) is 5.56 Å². The Balaban J connectivity index is 2.47. The maximum atomic E-state index is 12.4. The lowest BCUT2D eigenvalue weighted by Crippen LogP contribution is -2.15. The van der Waals surface area contributed by atoms with Crippen LogP contribution in [0.4, 0.5) is 11.4 Å². The number of halogens is 1. The molecule has 1 aromatic carbocycles. The molecule has 0 radical (unpaired) electrons. The van der Waals surface area contributed by atoms with Crippen molar-refractivity contribution >= 4 is 33.0 Å². The number of hydrogen-bond donors (Lipinski definition) is 2. The van der Waals surface area contributed by atoms with E-state index < -0.39 is 10.0 Å². The molecule has 2 rings (SSSR count). The highest BCUT2D eigenvalue weighted by Gasteiger charge is 2.20. The Kier molecular flexibility index (Phi) is 3.87. The van der Waals surface area contributed by atoms with Gasteiger partial charge in [0, 0.05) is 11.9 Å². The van der Waals surface area contributed by atoms with Crippen LogP contribution in [0.2, 0.25) is 5.02 Å². The third kappa shape index (κ3) is 2.86. The first kappa shape index (κ1) is 14.6. The average molecular weight is 312 g/mol. The van der Waals surface area contributed by atoms with Crippen molar-refractivity contribution in [1.82, 2.24) is 4.98 Å². The normalized spacial score (nSPS) is 11.3. The molecule has 1 aromatic heterocycles. The van der Waals surface area contributed by atoms with Gasteiger partial charge in [0.15, 0.2) is 0 Å². The highest BCUT2D eigenvalue weighted by Crippen LogP contribution is 2.28. The Labute approximate surface area is 122 Å². The number of benzene rings is 1. The third-order valence-electron chi connectivity index (χ3n) is 2.86. The number of sulfonamides is 1. The van der Waals surface area contributed by atoms with Crippen LogP contribution in [0, 0.1) is 13.8 Å². The SMILES string of the molecule is Cc1cc(Cl)c(S(=O)(=O)Nc2cccnc2C)cc1N. The molecule has 0 fully saturated rings. The predicted molar refractivity (Wildman–Crippen MR) is 80.4 cm³/mol. The van der Waals surface area contributed by atoms with Crippen LogP contribution in [0.5, 0.6) is 0 Å². The van der Waals surface area contributed by atoms with Crippen LogP contribution in [0.1, 0.15) is 11.3 Å². The topological polar surface area (TPSA) is 85.1 Å². The number of nitrogens with two attached hydrogens (primary N) is 1. The monoisotopic (exact) mass is 311 g/mol. The van der Waals surface area contributed by atoms with E-state index in [2.05, 4.69) is 9.71 Å². The molecule has 0 atom stereocenters. The molecule has 0 bridgehead atoms. The second-order valence-corrected chi connectivity index (χ2v) is 6.44. The van der Waals surface area contributed by atoms with Crippen molar-refractivity contribution in [2.75, 3.05) is 10.5 Å². The molecule has 5 nitrogen and oxygen atoms in total. The first-order valence-corrected chi connectivity index (χ1v) is 7.67. The molecule has 0 spiro atoms. The molecule has 0 saturated heterocycles. The zero-order valence-electron chi connectivity index (χ0n) is 11.0. The second kappa shape index (κ2) is 5.30. The molecule has 106 valence electrons. The fourth-order valence-electron chi connectivity index (χ4n) is 1.67. The van der Waals surface area contributed by atoms with Crippen LogP contribution in [0.15, 0.2) is 35.4 Å². The van der Waals surface area contributed by atoms with E-state index in [1.54, 1.807) is 32.2 Å². The highest BCUT2D eigenvalue weighted by molar-refractivity contribution is 7.92. The van der Waals surface area contributed by atoms with Crippen molar-refractivity contribution in [2.24, 2.45) is 0 Å². The van der Waals surface area contributed by atoms with Gasteiger partial charge in [-0.15, -0.1) is 0 Å². The minimum atomic E-state index is -3.81. The summed E-state index contributed by atoms with van der Waals surface area (Å²) < 4.78 is 27.2. The Bertz CT molecular complexity index is 760. The number of aromatic nitrogens is 1. The van der Waals surface area contributed by atoms with Gasteiger partial charge in [-0.1, -0.05) is 11.6 Å². The largest absolute Gasteiger partial charge is 0.398 e. The Morgan fingerprint density at radius 2 is 2.00 bits per heavy atom. The number of nitrogen functional groups attached to an aromatic ring is 1. The van der Waals surface area contributed by atoms with Crippen molar-refractivity contribution in [2.45, 2.75) is 18.7 Å². The fraction of sp³-hybridized carbons (Fsp3) is 0.154. The minimum Gasteiger partial charge on any atom is -0.398 e. The van der Waals surface area contributed by atoms with Gasteiger partial charge in [0.05, 0.1) is 16.4 Å². The molecule has 0 aliphatic carbocycles. The molecule has 2 aromatic rings. The van der Waals surface area contributed by atoms with E-state index in [-0.39, 0.29) is 9.92 Å². The smallest absolute Gasteiger partial charge is 0.263 e. The summed E-state index contributed by atoms with van der Waals surface area (Å²) in [5.74, 6) is 0. The predicted octanol–water partition coefficient (Wildman–Crippen LogP) is 2.73. The zero-order valence-corrected chi connectivity index (χ0v) is 12.6. The van der Waals surface area contributed by atoms with Crippen LogP contribution in [-0.4, -0.2) is 13.4 Å². The molecule has 20 heavy (non-hydrogen) atoms. The molecular weight excluding hydrogens is 298 g/mol. The molecule has 0 aliphatic rings. The number of hydrogen-bond acceptors (Lipinski definition) is 4. The molecular formula is C13H14ClN3O2S. The zero-order chi connectivity index (χ0) is 14.9. The second-order valence-electron chi connectivity index (χ2n) is 4.38. The number of nitrogens with zero attached hydrogens (tertiary/aromatic N) is 1. The van der Waals surface area contributed by atoms with E-state index in [9.17, 15) is 8.42 Å². The van der Waals surface area contributed by atoms with Crippen LogP contribution < -0.4 is 10.5 Å². The Morgan fingerprint density at radius 3 is 2.65 bits per heavy atom. The van der Waals surface area contributed by atoms with Crippen molar-refractivity contribution in [3.05, 3.63) is 46.7 Å². The quantitative estimate of drug-likeness (QED) is 0.853. The molecule has 3 N–H and O–H groups in total. The maximum Gasteiger partial charge on any atom is 0.263 e. The highest BCUT2D eigenvalue weighted by atomic mass is 35.5. The lowest BCUT2D eigenvalue weighted by Gasteiger charge is -2.12. The van der Waals surface area contributed by atoms with Crippen molar-refractivity contribution in [3.8, 4) is 0 Å². The van der Waals surface area contributed by atoms with E-state index in [0.29, 0.717) is 17.1 Å². The number of rotatable bonds is 3. The van der Waals surface area contributed by atoms with Crippen LogP contribution in [0.3, 0.4) is 0 Å². The Hall–Kier alpha value is -1.79. The van der Waals surface area contributed by atoms with Gasteiger partial charge in [0.2, 0.25) is 0 Å². The first-order chi connectivity index (χ1) is 9.31. The number of pyridine rings is 1. The molecule has 0 saturated carbocycles. The van der Waals surface area contributed by atoms with Gasteiger partial charge in [-0.05, 0) is 43.7 Å². The number of aryl methyl sites for hydroxylation is 2. The number of nitrogens with one attached hydrogen (secondary N) is 1. The van der Waals surface area contributed by atoms with Crippen molar-refractivity contribution in [1.29, 1.82) is 0 Å². The van der Waals surface area contributed by atoms with Gasteiger partial charge in [0.1, 0.15) is 4.90 Å². The number of anilines is 2. The van der Waals surface area contributed by atoms with Crippen LogP contribution >= 0.6 is 11.6 Å². The van der Waals surface area contributed by atoms with Gasteiger partial charge < -0.3 is 5.73 Å². The molecule has 0 aliphatic heterocycles. The molecule has 7 heteroatoms. The standard InChI is InChI=1S/C13H14ClN3O2S/c1-8-6-10(14)13(7-11(8)15)20(18,19)17-12-4-3-5-16-9(12)2/h3-7,17H,15H2,1-2H3. The summed E-state index contributed by atoms with van der Waals surface area (Å²) >= 11 is 6.00. The molecule has 1 heterocycles. The van der Waals surface area contributed by atoms with Gasteiger partial charge in [-0.3, -0.25) is 9.71 Å². The van der Waals surface area contributed by atoms with Crippen molar-refractivity contribution in [3.63, 3.8) is 0 Å². The van der Waals surface area contributed by atoms with Gasteiger partial charge in [-0.25, -0.2) is 8.42 Å².